The smallest absolute Gasteiger partial charge is 0.235 e. The van der Waals surface area contributed by atoms with Crippen molar-refractivity contribution >= 4 is 40.0 Å². The van der Waals surface area contributed by atoms with E-state index in [9.17, 15) is 10.1 Å². The molecule has 4 rings (SSSR count). The lowest BCUT2D eigenvalue weighted by atomic mass is 9.95. The number of thioether (sulfide) groups is 1. The van der Waals surface area contributed by atoms with Crippen molar-refractivity contribution in [1.82, 2.24) is 14.8 Å². The molecule has 2 heterocycles. The summed E-state index contributed by atoms with van der Waals surface area (Å²) in [5.74, 6) is 0.623. The number of carbonyl (C=O) groups excluding carboxylic acids is 1. The molecule has 3 aromatic rings. The zero-order valence-electron chi connectivity index (χ0n) is 17.4. The van der Waals surface area contributed by atoms with Crippen LogP contribution in [-0.4, -0.2) is 33.0 Å². The van der Waals surface area contributed by atoms with Crippen LogP contribution >= 0.6 is 23.1 Å². The van der Waals surface area contributed by atoms with Crippen LogP contribution in [0.25, 0.3) is 5.69 Å². The quantitative estimate of drug-likeness (QED) is 0.484. The summed E-state index contributed by atoms with van der Waals surface area (Å²) in [5, 5.41) is 25.1. The number of carbonyl (C=O) groups is 1. The van der Waals surface area contributed by atoms with Crippen LogP contribution < -0.4 is 10.6 Å². The van der Waals surface area contributed by atoms with Gasteiger partial charge in [0, 0.05) is 17.9 Å². The number of amides is 1. The maximum Gasteiger partial charge on any atom is 0.235 e. The zero-order valence-corrected chi connectivity index (χ0v) is 19.0. The number of nitrogens with zero attached hydrogens (tertiary/aromatic N) is 4. The summed E-state index contributed by atoms with van der Waals surface area (Å²) in [6, 6.07) is 12.3. The molecule has 1 aliphatic carbocycles. The highest BCUT2D eigenvalue weighted by Crippen LogP contribution is 2.36. The van der Waals surface area contributed by atoms with Crippen molar-refractivity contribution in [3.63, 3.8) is 0 Å². The first-order valence-electron chi connectivity index (χ1n) is 10.4. The molecule has 31 heavy (non-hydrogen) atoms. The van der Waals surface area contributed by atoms with Gasteiger partial charge >= 0.3 is 0 Å². The summed E-state index contributed by atoms with van der Waals surface area (Å²) >= 11 is 2.80. The number of anilines is 2. The standard InChI is InChI=1S/C22H24N6OS2/c1-2-12-24-21-26-27-22(31-21)30-14-19(29)25-20-17(13-23)16-10-6-7-11-18(16)28(20)15-8-4-3-5-9-15/h3-5,8-9H,2,6-7,10-12,14H2,1H3,(H,24,26)(H,25,29). The number of nitrogens with one attached hydrogen (secondary N) is 2. The second-order valence-corrected chi connectivity index (χ2v) is 9.48. The van der Waals surface area contributed by atoms with E-state index in [1.807, 2.05) is 34.9 Å². The van der Waals surface area contributed by atoms with Gasteiger partial charge in [-0.1, -0.05) is 48.2 Å². The fourth-order valence-electron chi connectivity index (χ4n) is 3.76. The van der Waals surface area contributed by atoms with Crippen LogP contribution in [0.5, 0.6) is 0 Å². The SMILES string of the molecule is CCCNc1nnc(SCC(=O)Nc2c(C#N)c3c(n2-c2ccccc2)CCCC3)s1. The van der Waals surface area contributed by atoms with Gasteiger partial charge in [-0.25, -0.2) is 0 Å². The number of para-hydroxylation sites is 1. The Kier molecular flexibility index (Phi) is 6.89. The van der Waals surface area contributed by atoms with E-state index in [4.69, 9.17) is 0 Å². The fraction of sp³-hybridized carbons (Fsp3) is 0.364. The van der Waals surface area contributed by atoms with Crippen molar-refractivity contribution in [1.29, 1.82) is 5.26 Å². The molecule has 7 nitrogen and oxygen atoms in total. The van der Waals surface area contributed by atoms with E-state index in [2.05, 4.69) is 33.8 Å². The Hall–Kier alpha value is -2.83. The fourth-order valence-corrected chi connectivity index (χ4v) is 5.34. The molecule has 160 valence electrons. The van der Waals surface area contributed by atoms with Gasteiger partial charge < -0.3 is 10.6 Å². The van der Waals surface area contributed by atoms with E-state index in [0.717, 1.165) is 65.1 Å². The minimum atomic E-state index is -0.160. The number of nitriles is 1. The summed E-state index contributed by atoms with van der Waals surface area (Å²) < 4.78 is 2.79. The van der Waals surface area contributed by atoms with E-state index >= 15 is 0 Å². The second-order valence-electron chi connectivity index (χ2n) is 7.28. The van der Waals surface area contributed by atoms with E-state index < -0.39 is 0 Å². The Morgan fingerprint density at radius 3 is 2.84 bits per heavy atom. The average Bonchev–Trinajstić information content (AvgIpc) is 3.38. The van der Waals surface area contributed by atoms with E-state index in [-0.39, 0.29) is 11.7 Å². The molecule has 0 fully saturated rings. The van der Waals surface area contributed by atoms with Crippen molar-refractivity contribution in [2.45, 2.75) is 43.4 Å². The van der Waals surface area contributed by atoms with Gasteiger partial charge in [0.05, 0.1) is 11.3 Å². The summed E-state index contributed by atoms with van der Waals surface area (Å²) in [6.45, 7) is 2.94. The van der Waals surface area contributed by atoms with Crippen LogP contribution in [0, 0.1) is 11.3 Å². The van der Waals surface area contributed by atoms with Crippen molar-refractivity contribution in [2.75, 3.05) is 22.9 Å². The zero-order chi connectivity index (χ0) is 21.6. The first-order chi connectivity index (χ1) is 15.2. The maximum atomic E-state index is 12.8. The lowest BCUT2D eigenvalue weighted by Crippen LogP contribution is -2.18. The molecule has 0 radical (unpaired) electrons. The molecule has 0 unspecified atom stereocenters. The Bertz CT molecular complexity index is 1100. The Morgan fingerprint density at radius 1 is 1.26 bits per heavy atom. The lowest BCUT2D eigenvalue weighted by molar-refractivity contribution is -0.113. The van der Waals surface area contributed by atoms with Gasteiger partial charge in [0.1, 0.15) is 11.9 Å². The predicted octanol–water partition coefficient (Wildman–Crippen LogP) is 4.63. The highest BCUT2D eigenvalue weighted by molar-refractivity contribution is 8.01. The molecule has 0 saturated carbocycles. The third kappa shape index (κ3) is 4.75. The maximum absolute atomic E-state index is 12.8. The Labute approximate surface area is 189 Å². The van der Waals surface area contributed by atoms with Crippen molar-refractivity contribution in [2.24, 2.45) is 0 Å². The van der Waals surface area contributed by atoms with Crippen LogP contribution in [0.1, 0.15) is 43.0 Å². The summed E-state index contributed by atoms with van der Waals surface area (Å²) in [4.78, 5) is 12.8. The molecule has 1 aliphatic rings. The molecule has 1 aromatic carbocycles. The molecule has 0 saturated heterocycles. The number of hydrogen-bond donors (Lipinski definition) is 2. The number of aromatic nitrogens is 3. The minimum Gasteiger partial charge on any atom is -0.360 e. The molecule has 0 bridgehead atoms. The number of hydrogen-bond acceptors (Lipinski definition) is 7. The van der Waals surface area contributed by atoms with Crippen LogP contribution in [0.3, 0.4) is 0 Å². The molecule has 0 aliphatic heterocycles. The third-order valence-corrected chi connectivity index (χ3v) is 7.13. The molecule has 9 heteroatoms. The lowest BCUT2D eigenvalue weighted by Gasteiger charge is -2.17. The van der Waals surface area contributed by atoms with Crippen LogP contribution in [-0.2, 0) is 17.6 Å². The summed E-state index contributed by atoms with van der Waals surface area (Å²) in [7, 11) is 0. The normalized spacial score (nSPS) is 12.8. The van der Waals surface area contributed by atoms with Gasteiger partial charge in [-0.3, -0.25) is 9.36 Å². The van der Waals surface area contributed by atoms with Gasteiger partial charge in [-0.15, -0.1) is 10.2 Å². The van der Waals surface area contributed by atoms with E-state index in [1.54, 1.807) is 0 Å². The van der Waals surface area contributed by atoms with Crippen LogP contribution in [0.15, 0.2) is 34.7 Å². The van der Waals surface area contributed by atoms with Gasteiger partial charge in [-0.05, 0) is 49.8 Å². The second kappa shape index (κ2) is 9.98. The summed E-state index contributed by atoms with van der Waals surface area (Å²) in [6.07, 6.45) is 4.94. The Balaban J connectivity index is 1.55. The highest BCUT2D eigenvalue weighted by Gasteiger charge is 2.26. The number of fused-ring (bicyclic) bond motifs is 1. The van der Waals surface area contributed by atoms with Crippen LogP contribution in [0.4, 0.5) is 10.9 Å². The molecule has 2 aromatic heterocycles. The van der Waals surface area contributed by atoms with Gasteiger partial charge in [-0.2, -0.15) is 5.26 Å². The van der Waals surface area contributed by atoms with Gasteiger partial charge in [0.25, 0.3) is 0 Å². The molecule has 0 spiro atoms. The third-order valence-electron chi connectivity index (χ3n) is 5.11. The number of benzene rings is 1. The largest absolute Gasteiger partial charge is 0.360 e. The first-order valence-corrected chi connectivity index (χ1v) is 12.2. The van der Waals surface area contributed by atoms with Gasteiger partial charge in [0.2, 0.25) is 11.0 Å². The highest BCUT2D eigenvalue weighted by atomic mass is 32.2. The topological polar surface area (TPSA) is 95.6 Å². The number of rotatable bonds is 8. The molecule has 2 N–H and O–H groups in total. The molecular weight excluding hydrogens is 428 g/mol. The first kappa shape index (κ1) is 21.4. The molecule has 1 amide bonds. The van der Waals surface area contributed by atoms with Crippen molar-refractivity contribution in [3.8, 4) is 11.8 Å². The van der Waals surface area contributed by atoms with Gasteiger partial charge in [0.15, 0.2) is 4.34 Å². The Morgan fingerprint density at radius 2 is 2.06 bits per heavy atom. The molecule has 0 atom stereocenters. The summed E-state index contributed by atoms with van der Waals surface area (Å²) in [5.41, 5.74) is 3.74. The van der Waals surface area contributed by atoms with E-state index in [1.165, 1.54) is 23.1 Å². The predicted molar refractivity (Wildman–Crippen MR) is 125 cm³/mol. The monoisotopic (exact) mass is 452 g/mol. The van der Waals surface area contributed by atoms with Crippen molar-refractivity contribution < 1.29 is 4.79 Å². The molecular formula is C22H24N6OS2. The van der Waals surface area contributed by atoms with Crippen LogP contribution in [0.2, 0.25) is 0 Å². The van der Waals surface area contributed by atoms with Crippen molar-refractivity contribution in [3.05, 3.63) is 47.2 Å². The minimum absolute atomic E-state index is 0.160. The van der Waals surface area contributed by atoms with E-state index in [0.29, 0.717) is 11.4 Å². The average molecular weight is 453 g/mol.